The molecule has 2 atom stereocenters. The van der Waals surface area contributed by atoms with Crippen molar-refractivity contribution in [1.29, 1.82) is 0 Å². The Morgan fingerprint density at radius 2 is 2.03 bits per heavy atom. The third-order valence-electron chi connectivity index (χ3n) is 6.40. The van der Waals surface area contributed by atoms with Crippen molar-refractivity contribution >= 4 is 5.82 Å². The largest absolute Gasteiger partial charge is 0.477 e. The van der Waals surface area contributed by atoms with E-state index >= 15 is 0 Å². The van der Waals surface area contributed by atoms with Crippen LogP contribution < -0.4 is 20.1 Å². The Bertz CT molecular complexity index is 1380. The molecule has 37 heavy (non-hydrogen) atoms. The maximum atomic E-state index is 14.6. The van der Waals surface area contributed by atoms with Crippen LogP contribution in [-0.2, 0) is 23.9 Å². The van der Waals surface area contributed by atoms with Crippen molar-refractivity contribution in [2.24, 2.45) is 0 Å². The molecule has 0 saturated carbocycles. The lowest BCUT2D eigenvalue weighted by Crippen LogP contribution is -2.55. The van der Waals surface area contributed by atoms with E-state index in [2.05, 4.69) is 14.9 Å². The van der Waals surface area contributed by atoms with Crippen LogP contribution in [0.2, 0.25) is 0 Å². The van der Waals surface area contributed by atoms with Crippen LogP contribution >= 0.6 is 0 Å². The number of alkyl halides is 3. The number of aromatic nitrogens is 3. The Balaban J connectivity index is 1.23. The topological polar surface area (TPSA) is 78.7 Å². The Hall–Kier alpha value is -3.67. The normalized spacial score (nSPS) is 20.9. The number of fused-ring (bicyclic) bond motifs is 3. The third kappa shape index (κ3) is 5.10. The number of hydrogen-bond donors (Lipinski definition) is 0. The minimum Gasteiger partial charge on any atom is -0.477 e. The van der Waals surface area contributed by atoms with Gasteiger partial charge in [0.25, 0.3) is 0 Å². The summed E-state index contributed by atoms with van der Waals surface area (Å²) in [4.78, 5) is 22.0. The zero-order chi connectivity index (χ0) is 26.4. The molecule has 0 unspecified atom stereocenters. The second-order valence-electron chi connectivity index (χ2n) is 9.39. The number of benzene rings is 1. The summed E-state index contributed by atoms with van der Waals surface area (Å²) >= 11 is 0. The molecule has 0 spiro atoms. The first-order valence-electron chi connectivity index (χ1n) is 11.7. The van der Waals surface area contributed by atoms with Gasteiger partial charge in [-0.3, -0.25) is 9.55 Å². The Morgan fingerprint density at radius 1 is 1.22 bits per heavy atom. The number of halogens is 4. The molecule has 8 nitrogen and oxygen atoms in total. The average molecular weight is 520 g/mol. The van der Waals surface area contributed by atoms with Crippen molar-refractivity contribution in [3.63, 3.8) is 0 Å². The number of rotatable bonds is 6. The van der Waals surface area contributed by atoms with Gasteiger partial charge in [-0.15, -0.1) is 0 Å². The van der Waals surface area contributed by atoms with E-state index in [1.165, 1.54) is 18.2 Å². The van der Waals surface area contributed by atoms with E-state index in [0.717, 1.165) is 12.0 Å². The molecular weight excluding hydrogens is 496 g/mol. The maximum absolute atomic E-state index is 14.6. The van der Waals surface area contributed by atoms with Crippen molar-refractivity contribution in [3.8, 4) is 17.4 Å². The third-order valence-corrected chi connectivity index (χ3v) is 6.40. The maximum Gasteiger partial charge on any atom is 0.433 e. The summed E-state index contributed by atoms with van der Waals surface area (Å²) in [5.41, 5.74) is -1.30. The smallest absolute Gasteiger partial charge is 0.433 e. The van der Waals surface area contributed by atoms with E-state index in [-0.39, 0.29) is 35.6 Å². The Kier molecular flexibility index (Phi) is 6.30. The fourth-order valence-corrected chi connectivity index (χ4v) is 4.50. The van der Waals surface area contributed by atoms with Gasteiger partial charge in [-0.25, -0.2) is 9.18 Å². The van der Waals surface area contributed by atoms with Crippen LogP contribution in [0.15, 0.2) is 47.4 Å². The molecule has 5 rings (SSSR count). The molecule has 0 radical (unpaired) electrons. The standard InChI is InChI=1S/C25H24F4N4O4/c1-15-12-33-22-11-21(31-23(34)32(22)13-24(33,2)14-36-15)35-8-6-16-3-4-19(18(26)9-16)37-17-5-7-30-20(10-17)25(27,28)29/h3-5,7,9-11,15H,6,8,12-14H2,1-2H3/t15-,24+/m0/s1. The van der Waals surface area contributed by atoms with Gasteiger partial charge in [0.15, 0.2) is 11.6 Å². The summed E-state index contributed by atoms with van der Waals surface area (Å²) in [6.07, 6.45) is -3.36. The fourth-order valence-electron chi connectivity index (χ4n) is 4.50. The Labute approximate surface area is 209 Å². The van der Waals surface area contributed by atoms with E-state index in [1.807, 2.05) is 13.8 Å². The van der Waals surface area contributed by atoms with Crippen LogP contribution in [0.5, 0.6) is 17.4 Å². The molecular formula is C25H24F4N4O4. The molecule has 2 aliphatic heterocycles. The quantitative estimate of drug-likeness (QED) is 0.451. The van der Waals surface area contributed by atoms with Crippen LogP contribution in [-0.4, -0.2) is 45.9 Å². The second kappa shape index (κ2) is 9.33. The fraction of sp³-hybridized carbons (Fsp3) is 0.400. The number of morpholine rings is 1. The number of nitrogens with zero attached hydrogens (tertiary/aromatic N) is 4. The highest BCUT2D eigenvalue weighted by molar-refractivity contribution is 5.50. The molecule has 0 bridgehead atoms. The van der Waals surface area contributed by atoms with Gasteiger partial charge in [-0.2, -0.15) is 18.2 Å². The lowest BCUT2D eigenvalue weighted by molar-refractivity contribution is -0.141. The lowest BCUT2D eigenvalue weighted by Gasteiger charge is -2.42. The Morgan fingerprint density at radius 3 is 2.78 bits per heavy atom. The first kappa shape index (κ1) is 25.0. The van der Waals surface area contributed by atoms with E-state index in [4.69, 9.17) is 14.2 Å². The van der Waals surface area contributed by atoms with Gasteiger partial charge in [-0.1, -0.05) is 6.07 Å². The van der Waals surface area contributed by atoms with E-state index in [0.29, 0.717) is 37.7 Å². The van der Waals surface area contributed by atoms with Crippen LogP contribution in [0.25, 0.3) is 0 Å². The summed E-state index contributed by atoms with van der Waals surface area (Å²) in [6, 6.07) is 7.77. The van der Waals surface area contributed by atoms with Crippen molar-refractivity contribution < 1.29 is 31.8 Å². The molecule has 196 valence electrons. The number of pyridine rings is 1. The molecule has 12 heteroatoms. The molecule has 4 heterocycles. The molecule has 2 aromatic heterocycles. The summed E-state index contributed by atoms with van der Waals surface area (Å²) < 4.78 is 71.5. The summed E-state index contributed by atoms with van der Waals surface area (Å²) in [5, 5.41) is 0. The molecule has 2 aliphatic rings. The van der Waals surface area contributed by atoms with Crippen molar-refractivity contribution in [2.75, 3.05) is 24.7 Å². The van der Waals surface area contributed by atoms with Crippen LogP contribution in [0.3, 0.4) is 0 Å². The predicted molar refractivity (Wildman–Crippen MR) is 125 cm³/mol. The molecule has 1 aromatic carbocycles. The zero-order valence-electron chi connectivity index (χ0n) is 20.1. The van der Waals surface area contributed by atoms with E-state index in [9.17, 15) is 22.4 Å². The van der Waals surface area contributed by atoms with Crippen LogP contribution in [0.4, 0.5) is 23.4 Å². The first-order chi connectivity index (χ1) is 17.5. The van der Waals surface area contributed by atoms with Crippen LogP contribution in [0.1, 0.15) is 25.1 Å². The SMILES string of the molecule is C[C@H]1CN2c3cc(OCCc4ccc(Oc5ccnc(C(F)(F)F)c5)c(F)c4)nc(=O)n3C[C@]2(C)CO1. The first-order valence-corrected chi connectivity index (χ1v) is 11.7. The second-order valence-corrected chi connectivity index (χ2v) is 9.39. The highest BCUT2D eigenvalue weighted by Crippen LogP contribution is 2.37. The predicted octanol–water partition coefficient (Wildman–Crippen LogP) is 4.21. The molecule has 0 N–H and O–H groups in total. The molecule has 0 amide bonds. The number of anilines is 1. The highest BCUT2D eigenvalue weighted by atomic mass is 19.4. The summed E-state index contributed by atoms with van der Waals surface area (Å²) in [7, 11) is 0. The average Bonchev–Trinajstić information content (AvgIpc) is 3.13. The van der Waals surface area contributed by atoms with E-state index in [1.54, 1.807) is 16.7 Å². The lowest BCUT2D eigenvalue weighted by atomic mass is 10.0. The van der Waals surface area contributed by atoms with Gasteiger partial charge in [0.2, 0.25) is 5.88 Å². The van der Waals surface area contributed by atoms with Crippen LogP contribution in [0, 0.1) is 5.82 Å². The van der Waals surface area contributed by atoms with Gasteiger partial charge in [0.05, 0.1) is 31.4 Å². The molecule has 1 saturated heterocycles. The minimum atomic E-state index is -4.64. The van der Waals surface area contributed by atoms with Gasteiger partial charge >= 0.3 is 11.9 Å². The van der Waals surface area contributed by atoms with Gasteiger partial charge < -0.3 is 19.1 Å². The summed E-state index contributed by atoms with van der Waals surface area (Å²) in [6.45, 7) is 5.77. The molecule has 3 aromatic rings. The number of ether oxygens (including phenoxy) is 3. The number of hydrogen-bond acceptors (Lipinski definition) is 7. The van der Waals surface area contributed by atoms with Crippen molar-refractivity contribution in [1.82, 2.24) is 14.5 Å². The monoisotopic (exact) mass is 520 g/mol. The van der Waals surface area contributed by atoms with Gasteiger partial charge in [0.1, 0.15) is 17.3 Å². The van der Waals surface area contributed by atoms with Gasteiger partial charge in [-0.05, 0) is 37.6 Å². The molecule has 1 fully saturated rings. The minimum absolute atomic E-state index is 0.0272. The highest BCUT2D eigenvalue weighted by Gasteiger charge is 2.45. The summed E-state index contributed by atoms with van der Waals surface area (Å²) in [5.74, 6) is -0.238. The van der Waals surface area contributed by atoms with Crippen molar-refractivity contribution in [2.45, 2.75) is 44.6 Å². The van der Waals surface area contributed by atoms with Gasteiger partial charge in [0, 0.05) is 31.3 Å². The van der Waals surface area contributed by atoms with Crippen molar-refractivity contribution in [3.05, 3.63) is 70.2 Å². The zero-order valence-corrected chi connectivity index (χ0v) is 20.1. The van der Waals surface area contributed by atoms with E-state index < -0.39 is 23.4 Å². The molecule has 0 aliphatic carbocycles.